The smallest absolute Gasteiger partial charge is 0.226 e. The first kappa shape index (κ1) is 17.1. The number of hydrogen-bond acceptors (Lipinski definition) is 3. The molecule has 5 nitrogen and oxygen atoms in total. The standard InChI is InChI=1S/C20H23N3O2/c24-19(13-17-10-4-5-11-21-17)22-18-14-20(25)23(15-18)12-6-9-16-7-2-1-3-8-16/h1-5,7-8,10-11,18H,6,9,12-15H2,(H,22,24)/t18-/m1/s1. The predicted octanol–water partition coefficient (Wildman–Crippen LogP) is 1.97. The molecule has 3 rings (SSSR count). The molecule has 0 unspecified atom stereocenters. The summed E-state index contributed by atoms with van der Waals surface area (Å²) >= 11 is 0. The summed E-state index contributed by atoms with van der Waals surface area (Å²) < 4.78 is 0. The van der Waals surface area contributed by atoms with Crippen LogP contribution in [0.4, 0.5) is 0 Å². The quantitative estimate of drug-likeness (QED) is 0.840. The molecule has 2 aromatic rings. The molecule has 1 aliphatic heterocycles. The zero-order valence-electron chi connectivity index (χ0n) is 14.2. The molecule has 0 saturated carbocycles. The number of aryl methyl sites for hydroxylation is 1. The molecule has 130 valence electrons. The molecule has 1 fully saturated rings. The molecule has 0 bridgehead atoms. The van der Waals surface area contributed by atoms with Gasteiger partial charge in [-0.15, -0.1) is 0 Å². The van der Waals surface area contributed by atoms with Crippen molar-refractivity contribution in [2.24, 2.45) is 0 Å². The molecule has 1 aromatic carbocycles. The molecule has 0 spiro atoms. The van der Waals surface area contributed by atoms with Crippen LogP contribution in [0.2, 0.25) is 0 Å². The van der Waals surface area contributed by atoms with E-state index in [1.807, 2.05) is 41.3 Å². The molecule has 25 heavy (non-hydrogen) atoms. The zero-order chi connectivity index (χ0) is 17.5. The molecule has 1 saturated heterocycles. The van der Waals surface area contributed by atoms with E-state index in [2.05, 4.69) is 22.4 Å². The lowest BCUT2D eigenvalue weighted by Gasteiger charge is -2.17. The maximum absolute atomic E-state index is 12.1. The Hall–Kier alpha value is -2.69. The summed E-state index contributed by atoms with van der Waals surface area (Å²) in [6.45, 7) is 1.34. The molecule has 1 N–H and O–H groups in total. The van der Waals surface area contributed by atoms with Gasteiger partial charge in [-0.05, 0) is 30.5 Å². The molecular formula is C20H23N3O2. The van der Waals surface area contributed by atoms with Gasteiger partial charge in [0.1, 0.15) is 0 Å². The summed E-state index contributed by atoms with van der Waals surface area (Å²) in [5.41, 5.74) is 2.03. The second-order valence-electron chi connectivity index (χ2n) is 6.40. The van der Waals surface area contributed by atoms with Gasteiger partial charge in [0.05, 0.1) is 12.5 Å². The van der Waals surface area contributed by atoms with Crippen LogP contribution in [0.1, 0.15) is 24.1 Å². The SMILES string of the molecule is O=C(Cc1ccccn1)N[C@@H]1CC(=O)N(CCCc2ccccc2)C1. The lowest BCUT2D eigenvalue weighted by molar-refractivity contribution is -0.127. The van der Waals surface area contributed by atoms with E-state index in [0.29, 0.717) is 13.0 Å². The van der Waals surface area contributed by atoms with E-state index in [-0.39, 0.29) is 24.3 Å². The molecule has 5 heteroatoms. The van der Waals surface area contributed by atoms with Crippen LogP contribution in [0, 0.1) is 0 Å². The Labute approximate surface area is 148 Å². The average Bonchev–Trinajstić information content (AvgIpc) is 2.96. The van der Waals surface area contributed by atoms with E-state index < -0.39 is 0 Å². The fourth-order valence-electron chi connectivity index (χ4n) is 3.15. The lowest BCUT2D eigenvalue weighted by Crippen LogP contribution is -2.38. The first-order valence-corrected chi connectivity index (χ1v) is 8.71. The number of benzene rings is 1. The molecule has 1 aliphatic rings. The van der Waals surface area contributed by atoms with E-state index >= 15 is 0 Å². The van der Waals surface area contributed by atoms with Crippen molar-refractivity contribution in [3.05, 3.63) is 66.0 Å². The average molecular weight is 337 g/mol. The molecule has 0 radical (unpaired) electrons. The summed E-state index contributed by atoms with van der Waals surface area (Å²) in [6.07, 6.45) is 4.21. The highest BCUT2D eigenvalue weighted by molar-refractivity contribution is 5.83. The Balaban J connectivity index is 1.41. The van der Waals surface area contributed by atoms with Crippen molar-refractivity contribution in [3.8, 4) is 0 Å². The highest BCUT2D eigenvalue weighted by atomic mass is 16.2. The van der Waals surface area contributed by atoms with Gasteiger partial charge in [0, 0.05) is 31.4 Å². The monoisotopic (exact) mass is 337 g/mol. The Morgan fingerprint density at radius 3 is 2.72 bits per heavy atom. The summed E-state index contributed by atoms with van der Waals surface area (Å²) in [6, 6.07) is 15.7. The van der Waals surface area contributed by atoms with Crippen molar-refractivity contribution in [1.29, 1.82) is 0 Å². The van der Waals surface area contributed by atoms with Crippen LogP contribution in [-0.2, 0) is 22.4 Å². The molecule has 0 aliphatic carbocycles. The number of carbonyl (C=O) groups is 2. The Morgan fingerprint density at radius 2 is 1.96 bits per heavy atom. The number of pyridine rings is 1. The summed E-state index contributed by atoms with van der Waals surface area (Å²) in [7, 11) is 0. The fraction of sp³-hybridized carbons (Fsp3) is 0.350. The van der Waals surface area contributed by atoms with Crippen LogP contribution in [0.5, 0.6) is 0 Å². The van der Waals surface area contributed by atoms with Gasteiger partial charge in [-0.1, -0.05) is 36.4 Å². The molecular weight excluding hydrogens is 314 g/mol. The third kappa shape index (κ3) is 5.14. The highest BCUT2D eigenvalue weighted by Gasteiger charge is 2.30. The number of carbonyl (C=O) groups excluding carboxylic acids is 2. The minimum atomic E-state index is -0.0968. The number of nitrogens with zero attached hydrogens (tertiary/aromatic N) is 2. The van der Waals surface area contributed by atoms with Crippen molar-refractivity contribution in [2.45, 2.75) is 31.7 Å². The minimum absolute atomic E-state index is 0.0809. The number of rotatable bonds is 7. The maximum atomic E-state index is 12.1. The molecule has 2 heterocycles. The van der Waals surface area contributed by atoms with Crippen LogP contribution in [0.3, 0.4) is 0 Å². The number of hydrogen-bond donors (Lipinski definition) is 1. The summed E-state index contributed by atoms with van der Waals surface area (Å²) in [5, 5.41) is 2.95. The van der Waals surface area contributed by atoms with Crippen LogP contribution >= 0.6 is 0 Å². The number of aromatic nitrogens is 1. The van der Waals surface area contributed by atoms with Crippen molar-refractivity contribution in [1.82, 2.24) is 15.2 Å². The van der Waals surface area contributed by atoms with Crippen LogP contribution in [0.15, 0.2) is 54.7 Å². The fourth-order valence-corrected chi connectivity index (χ4v) is 3.15. The summed E-state index contributed by atoms with van der Waals surface area (Å²) in [4.78, 5) is 30.2. The highest BCUT2D eigenvalue weighted by Crippen LogP contribution is 2.13. The van der Waals surface area contributed by atoms with Crippen molar-refractivity contribution >= 4 is 11.8 Å². The van der Waals surface area contributed by atoms with Crippen LogP contribution in [-0.4, -0.2) is 40.8 Å². The van der Waals surface area contributed by atoms with E-state index in [1.165, 1.54) is 5.56 Å². The largest absolute Gasteiger partial charge is 0.351 e. The van der Waals surface area contributed by atoms with Crippen molar-refractivity contribution in [3.63, 3.8) is 0 Å². The van der Waals surface area contributed by atoms with Crippen LogP contribution in [0.25, 0.3) is 0 Å². The Kier molecular flexibility index (Phi) is 5.77. The molecule has 1 aromatic heterocycles. The minimum Gasteiger partial charge on any atom is -0.351 e. The number of amides is 2. The third-order valence-corrected chi connectivity index (χ3v) is 4.38. The van der Waals surface area contributed by atoms with E-state index in [0.717, 1.165) is 25.1 Å². The van der Waals surface area contributed by atoms with E-state index in [1.54, 1.807) is 6.20 Å². The van der Waals surface area contributed by atoms with Gasteiger partial charge >= 0.3 is 0 Å². The van der Waals surface area contributed by atoms with Gasteiger partial charge < -0.3 is 10.2 Å². The first-order chi connectivity index (χ1) is 12.2. The van der Waals surface area contributed by atoms with E-state index in [9.17, 15) is 9.59 Å². The normalized spacial score (nSPS) is 16.9. The second kappa shape index (κ2) is 8.42. The van der Waals surface area contributed by atoms with E-state index in [4.69, 9.17) is 0 Å². The zero-order valence-corrected chi connectivity index (χ0v) is 14.2. The topological polar surface area (TPSA) is 62.3 Å². The predicted molar refractivity (Wildman–Crippen MR) is 95.8 cm³/mol. The van der Waals surface area contributed by atoms with Crippen molar-refractivity contribution in [2.75, 3.05) is 13.1 Å². The number of likely N-dealkylation sites (tertiary alicyclic amines) is 1. The third-order valence-electron chi connectivity index (χ3n) is 4.38. The van der Waals surface area contributed by atoms with Gasteiger partial charge in [-0.3, -0.25) is 14.6 Å². The van der Waals surface area contributed by atoms with Gasteiger partial charge in [0.15, 0.2) is 0 Å². The van der Waals surface area contributed by atoms with Gasteiger partial charge in [0.25, 0.3) is 0 Å². The number of nitrogens with one attached hydrogen (secondary N) is 1. The first-order valence-electron chi connectivity index (χ1n) is 8.71. The van der Waals surface area contributed by atoms with Gasteiger partial charge in [-0.25, -0.2) is 0 Å². The van der Waals surface area contributed by atoms with Crippen molar-refractivity contribution < 1.29 is 9.59 Å². The molecule has 2 amide bonds. The molecule has 1 atom stereocenters. The Morgan fingerprint density at radius 1 is 1.16 bits per heavy atom. The van der Waals surface area contributed by atoms with Gasteiger partial charge in [0.2, 0.25) is 11.8 Å². The maximum Gasteiger partial charge on any atom is 0.226 e. The van der Waals surface area contributed by atoms with Gasteiger partial charge in [-0.2, -0.15) is 0 Å². The Bertz CT molecular complexity index is 703. The summed E-state index contributed by atoms with van der Waals surface area (Å²) in [5.74, 6) is 0.0406. The van der Waals surface area contributed by atoms with Crippen LogP contribution < -0.4 is 5.32 Å². The lowest BCUT2D eigenvalue weighted by atomic mass is 10.1. The second-order valence-corrected chi connectivity index (χ2v) is 6.40.